The molecule has 0 bridgehead atoms. The van der Waals surface area contributed by atoms with Crippen LogP contribution in [0.15, 0.2) is 89.3 Å². The summed E-state index contributed by atoms with van der Waals surface area (Å²) in [5, 5.41) is 22.6. The van der Waals surface area contributed by atoms with Crippen molar-refractivity contribution in [1.82, 2.24) is 0 Å². The second-order valence-corrected chi connectivity index (χ2v) is 6.57. The van der Waals surface area contributed by atoms with Crippen LogP contribution in [0, 0.1) is 0 Å². The summed E-state index contributed by atoms with van der Waals surface area (Å²) in [5.41, 5.74) is 4.62. The molecule has 0 spiro atoms. The van der Waals surface area contributed by atoms with Gasteiger partial charge < -0.3 is 14.6 Å². The fourth-order valence-corrected chi connectivity index (χ4v) is 3.54. The number of furan rings is 1. The van der Waals surface area contributed by atoms with E-state index in [0.29, 0.717) is 11.2 Å². The lowest BCUT2D eigenvalue weighted by atomic mass is 10.0. The summed E-state index contributed by atoms with van der Waals surface area (Å²) in [7, 11) is 0. The number of benzene rings is 4. The molecule has 0 saturated heterocycles. The molecule has 3 nitrogen and oxygen atoms in total. The van der Waals surface area contributed by atoms with Gasteiger partial charge >= 0.3 is 0 Å². The summed E-state index contributed by atoms with van der Waals surface area (Å²) in [4.78, 5) is 0. The van der Waals surface area contributed by atoms with E-state index >= 15 is 0 Å². The van der Waals surface area contributed by atoms with Crippen LogP contribution in [-0.4, -0.2) is 10.2 Å². The number of aromatic hydroxyl groups is 2. The molecular weight excluding hydrogens is 336 g/mol. The Bertz CT molecular complexity index is 1170. The summed E-state index contributed by atoms with van der Waals surface area (Å²) in [5.74, 6) is 0.367. The summed E-state index contributed by atoms with van der Waals surface area (Å²) in [6.07, 6.45) is 0. The number of fused-ring (bicyclic) bond motifs is 3. The van der Waals surface area contributed by atoms with Gasteiger partial charge in [-0.2, -0.15) is 0 Å². The van der Waals surface area contributed by atoms with Crippen LogP contribution in [0.25, 0.3) is 44.2 Å². The van der Waals surface area contributed by atoms with Crippen LogP contribution in [-0.2, 0) is 0 Å². The first kappa shape index (κ1) is 15.5. The van der Waals surface area contributed by atoms with Gasteiger partial charge in [0, 0.05) is 21.9 Å². The lowest BCUT2D eigenvalue weighted by Gasteiger charge is -2.05. The second-order valence-electron chi connectivity index (χ2n) is 6.57. The average Bonchev–Trinajstić information content (AvgIpc) is 3.04. The fraction of sp³-hybridized carbons (Fsp3) is 0. The summed E-state index contributed by atoms with van der Waals surface area (Å²) in [6, 6.07) is 26.5. The number of phenols is 2. The molecule has 27 heavy (non-hydrogen) atoms. The Balaban J connectivity index is 1.75. The van der Waals surface area contributed by atoms with E-state index < -0.39 is 0 Å². The fourth-order valence-electron chi connectivity index (χ4n) is 3.54. The summed E-state index contributed by atoms with van der Waals surface area (Å²) < 4.78 is 6.06. The molecule has 130 valence electrons. The van der Waals surface area contributed by atoms with Gasteiger partial charge in [-0.25, -0.2) is 0 Å². The minimum Gasteiger partial charge on any atom is -0.507 e. The molecule has 0 atom stereocenters. The van der Waals surface area contributed by atoms with Gasteiger partial charge in [0.05, 0.1) is 0 Å². The van der Waals surface area contributed by atoms with Gasteiger partial charge in [-0.05, 0) is 35.4 Å². The molecular formula is C24H16O3. The molecule has 0 saturated carbocycles. The highest BCUT2D eigenvalue weighted by molar-refractivity contribution is 6.08. The lowest BCUT2D eigenvalue weighted by molar-refractivity contribution is 0.477. The molecule has 0 unspecified atom stereocenters. The van der Waals surface area contributed by atoms with Crippen molar-refractivity contribution in [2.45, 2.75) is 0 Å². The first-order chi connectivity index (χ1) is 13.2. The van der Waals surface area contributed by atoms with Crippen LogP contribution in [0.1, 0.15) is 0 Å². The Morgan fingerprint density at radius 3 is 1.33 bits per heavy atom. The molecule has 0 amide bonds. The topological polar surface area (TPSA) is 53.6 Å². The van der Waals surface area contributed by atoms with Crippen molar-refractivity contribution in [1.29, 1.82) is 0 Å². The van der Waals surface area contributed by atoms with E-state index in [9.17, 15) is 10.2 Å². The van der Waals surface area contributed by atoms with Gasteiger partial charge in [-0.1, -0.05) is 60.7 Å². The molecule has 5 aromatic rings. The quantitative estimate of drug-likeness (QED) is 0.390. The van der Waals surface area contributed by atoms with Crippen LogP contribution in [0.2, 0.25) is 0 Å². The van der Waals surface area contributed by atoms with E-state index in [1.807, 2.05) is 72.8 Å². The third-order valence-electron chi connectivity index (χ3n) is 4.88. The summed E-state index contributed by atoms with van der Waals surface area (Å²) in [6.45, 7) is 0. The molecule has 0 aliphatic carbocycles. The van der Waals surface area contributed by atoms with Crippen LogP contribution in [0.4, 0.5) is 0 Å². The number of rotatable bonds is 2. The van der Waals surface area contributed by atoms with E-state index in [0.717, 1.165) is 33.0 Å². The Kier molecular flexibility index (Phi) is 3.41. The largest absolute Gasteiger partial charge is 0.507 e. The number of phenolic OH excluding ortho intramolecular Hbond substituents is 2. The second kappa shape index (κ2) is 5.92. The Morgan fingerprint density at radius 1 is 0.519 bits per heavy atom. The predicted molar refractivity (Wildman–Crippen MR) is 108 cm³/mol. The molecule has 0 radical (unpaired) electrons. The Morgan fingerprint density at radius 2 is 0.926 bits per heavy atom. The number of hydrogen-bond acceptors (Lipinski definition) is 3. The molecule has 0 aliphatic heterocycles. The minimum absolute atomic E-state index is 0.183. The van der Waals surface area contributed by atoms with Crippen molar-refractivity contribution in [3.05, 3.63) is 84.9 Å². The molecule has 2 N–H and O–H groups in total. The van der Waals surface area contributed by atoms with Gasteiger partial charge in [0.1, 0.15) is 22.7 Å². The zero-order valence-electron chi connectivity index (χ0n) is 14.4. The van der Waals surface area contributed by atoms with Crippen molar-refractivity contribution in [3.63, 3.8) is 0 Å². The maximum Gasteiger partial charge on any atom is 0.136 e. The van der Waals surface area contributed by atoms with Gasteiger partial charge in [-0.15, -0.1) is 0 Å². The molecule has 4 aromatic carbocycles. The highest BCUT2D eigenvalue weighted by Gasteiger charge is 2.15. The van der Waals surface area contributed by atoms with Gasteiger partial charge in [0.2, 0.25) is 0 Å². The molecule has 0 fully saturated rings. The van der Waals surface area contributed by atoms with Crippen molar-refractivity contribution in [2.75, 3.05) is 0 Å². The Labute approximate surface area is 155 Å². The van der Waals surface area contributed by atoms with Crippen LogP contribution in [0.5, 0.6) is 11.5 Å². The van der Waals surface area contributed by atoms with E-state index in [4.69, 9.17) is 4.42 Å². The molecule has 3 heteroatoms. The van der Waals surface area contributed by atoms with Crippen LogP contribution < -0.4 is 0 Å². The monoisotopic (exact) mass is 352 g/mol. The zero-order valence-corrected chi connectivity index (χ0v) is 14.4. The van der Waals surface area contributed by atoms with Gasteiger partial charge in [0.15, 0.2) is 0 Å². The molecule has 5 rings (SSSR count). The first-order valence-electron chi connectivity index (χ1n) is 8.74. The molecule has 1 heterocycles. The maximum atomic E-state index is 10.5. The maximum absolute atomic E-state index is 10.5. The minimum atomic E-state index is 0.183. The average molecular weight is 352 g/mol. The highest BCUT2D eigenvalue weighted by atomic mass is 16.3. The van der Waals surface area contributed by atoms with Gasteiger partial charge in [-0.3, -0.25) is 0 Å². The van der Waals surface area contributed by atoms with Crippen molar-refractivity contribution in [3.8, 4) is 33.8 Å². The number of hydrogen-bond donors (Lipinski definition) is 2. The van der Waals surface area contributed by atoms with E-state index in [1.165, 1.54) is 0 Å². The van der Waals surface area contributed by atoms with Crippen molar-refractivity contribution < 1.29 is 14.6 Å². The molecule has 0 aliphatic rings. The third-order valence-corrected chi connectivity index (χ3v) is 4.88. The molecule has 1 aromatic heterocycles. The third kappa shape index (κ3) is 2.52. The van der Waals surface area contributed by atoms with Crippen LogP contribution in [0.3, 0.4) is 0 Å². The lowest BCUT2D eigenvalue weighted by Crippen LogP contribution is -1.80. The predicted octanol–water partition coefficient (Wildman–Crippen LogP) is 6.33. The summed E-state index contributed by atoms with van der Waals surface area (Å²) >= 11 is 0. The smallest absolute Gasteiger partial charge is 0.136 e. The Hall–Kier alpha value is -3.72. The van der Waals surface area contributed by atoms with E-state index in [2.05, 4.69) is 0 Å². The normalized spacial score (nSPS) is 11.3. The first-order valence-corrected chi connectivity index (χ1v) is 8.74. The zero-order chi connectivity index (χ0) is 18.4. The van der Waals surface area contributed by atoms with E-state index in [1.54, 1.807) is 12.1 Å². The van der Waals surface area contributed by atoms with Crippen molar-refractivity contribution >= 4 is 21.9 Å². The van der Waals surface area contributed by atoms with Crippen LogP contribution >= 0.6 is 0 Å². The van der Waals surface area contributed by atoms with E-state index in [-0.39, 0.29) is 11.5 Å². The SMILES string of the molecule is Oc1cc2c(cc1-c1ccccc1)oc1cc(-c3ccccc3)c(O)cc12. The highest BCUT2D eigenvalue weighted by Crippen LogP contribution is 2.41. The van der Waals surface area contributed by atoms with Crippen molar-refractivity contribution in [2.24, 2.45) is 0 Å². The standard InChI is InChI=1S/C24H16O3/c25-21-11-19-20-12-22(26)18(16-9-5-2-6-10-16)14-24(20)27-23(19)13-17(21)15-7-3-1-4-8-15/h1-14,25-26H. The van der Waals surface area contributed by atoms with Gasteiger partial charge in [0.25, 0.3) is 0 Å².